The van der Waals surface area contributed by atoms with Crippen LogP contribution in [-0.2, 0) is 4.74 Å². The molecule has 1 saturated heterocycles. The van der Waals surface area contributed by atoms with E-state index < -0.39 is 0 Å². The van der Waals surface area contributed by atoms with Gasteiger partial charge in [-0.25, -0.2) is 14.8 Å². The highest BCUT2D eigenvalue weighted by molar-refractivity contribution is 5.96. The van der Waals surface area contributed by atoms with E-state index in [9.17, 15) is 9.59 Å². The lowest BCUT2D eigenvalue weighted by Crippen LogP contribution is -2.39. The van der Waals surface area contributed by atoms with Gasteiger partial charge < -0.3 is 14.2 Å². The van der Waals surface area contributed by atoms with Crippen LogP contribution >= 0.6 is 0 Å². The third-order valence-electron chi connectivity index (χ3n) is 6.89. The summed E-state index contributed by atoms with van der Waals surface area (Å²) in [6, 6.07) is 9.87. The lowest BCUT2D eigenvalue weighted by Gasteiger charge is -2.33. The molecule has 1 saturated carbocycles. The van der Waals surface area contributed by atoms with Gasteiger partial charge in [-0.3, -0.25) is 4.79 Å². The Balaban J connectivity index is 1.31. The van der Waals surface area contributed by atoms with Crippen LogP contribution in [0.25, 0.3) is 11.2 Å². The van der Waals surface area contributed by atoms with Gasteiger partial charge in [0, 0.05) is 31.2 Å². The first-order chi connectivity index (χ1) is 15.6. The largest absolute Gasteiger partial charge is 0.465 e. The van der Waals surface area contributed by atoms with Crippen LogP contribution in [0, 0.1) is 0 Å². The molecule has 5 rings (SSSR count). The van der Waals surface area contributed by atoms with Gasteiger partial charge in [0.25, 0.3) is 5.91 Å². The summed E-state index contributed by atoms with van der Waals surface area (Å²) in [6.45, 7) is 1.40. The number of carbonyl (C=O) groups is 2. The maximum Gasteiger partial charge on any atom is 0.337 e. The van der Waals surface area contributed by atoms with Crippen molar-refractivity contribution in [2.75, 3.05) is 20.2 Å². The Morgan fingerprint density at radius 2 is 1.78 bits per heavy atom. The number of rotatable bonds is 4. The van der Waals surface area contributed by atoms with Crippen LogP contribution in [-0.4, -0.2) is 51.5 Å². The fourth-order valence-electron chi connectivity index (χ4n) is 5.11. The van der Waals surface area contributed by atoms with Gasteiger partial charge in [-0.15, -0.1) is 0 Å². The lowest BCUT2D eigenvalue weighted by molar-refractivity contribution is 0.0600. The first kappa shape index (κ1) is 20.7. The summed E-state index contributed by atoms with van der Waals surface area (Å²) in [4.78, 5) is 36.0. The molecule has 1 aromatic carbocycles. The number of pyridine rings is 1. The molecule has 0 spiro atoms. The molecule has 32 heavy (non-hydrogen) atoms. The highest BCUT2D eigenvalue weighted by atomic mass is 16.5. The molecule has 2 fully saturated rings. The number of hydrogen-bond acceptors (Lipinski definition) is 5. The van der Waals surface area contributed by atoms with Gasteiger partial charge in [0.05, 0.1) is 24.6 Å². The van der Waals surface area contributed by atoms with Crippen LogP contribution in [0.2, 0.25) is 0 Å². The third kappa shape index (κ3) is 3.87. The van der Waals surface area contributed by atoms with Crippen molar-refractivity contribution in [1.82, 2.24) is 19.4 Å². The molecule has 1 atom stereocenters. The third-order valence-corrected chi connectivity index (χ3v) is 6.89. The van der Waals surface area contributed by atoms with E-state index >= 15 is 0 Å². The second-order valence-electron chi connectivity index (χ2n) is 8.86. The van der Waals surface area contributed by atoms with Gasteiger partial charge in [0.15, 0.2) is 5.65 Å². The average molecular weight is 433 g/mol. The summed E-state index contributed by atoms with van der Waals surface area (Å²) in [7, 11) is 1.38. The summed E-state index contributed by atoms with van der Waals surface area (Å²) in [5.41, 5.74) is 3.93. The topological polar surface area (TPSA) is 77.3 Å². The Bertz CT molecular complexity index is 1130. The van der Waals surface area contributed by atoms with Crippen LogP contribution in [0.3, 0.4) is 0 Å². The van der Waals surface area contributed by atoms with Gasteiger partial charge in [-0.2, -0.15) is 0 Å². The van der Waals surface area contributed by atoms with E-state index in [4.69, 9.17) is 4.74 Å². The fraction of sp³-hybridized carbons (Fsp3) is 0.440. The van der Waals surface area contributed by atoms with Gasteiger partial charge in [-0.05, 0) is 49.4 Å². The number of aromatic nitrogens is 3. The van der Waals surface area contributed by atoms with Gasteiger partial charge >= 0.3 is 5.97 Å². The number of carbonyl (C=O) groups excluding carboxylic acids is 2. The summed E-state index contributed by atoms with van der Waals surface area (Å²) in [6.07, 6.45) is 10.4. The van der Waals surface area contributed by atoms with Crippen molar-refractivity contribution in [1.29, 1.82) is 0 Å². The number of amides is 1. The van der Waals surface area contributed by atoms with Crippen LogP contribution in [0.5, 0.6) is 0 Å². The Hall–Kier alpha value is -3.22. The quantitative estimate of drug-likeness (QED) is 0.573. The maximum atomic E-state index is 13.3. The molecule has 1 aliphatic heterocycles. The van der Waals surface area contributed by atoms with Crippen LogP contribution in [0.15, 0.2) is 42.9 Å². The van der Waals surface area contributed by atoms with Gasteiger partial charge in [0.2, 0.25) is 0 Å². The highest BCUT2D eigenvalue weighted by Crippen LogP contribution is 2.32. The molecule has 1 aliphatic carbocycles. The number of piperidine rings is 1. The van der Waals surface area contributed by atoms with Crippen molar-refractivity contribution < 1.29 is 14.3 Å². The van der Waals surface area contributed by atoms with Crippen molar-refractivity contribution in [3.05, 3.63) is 59.5 Å². The number of benzene rings is 1. The number of likely N-dealkylation sites (tertiary alicyclic amines) is 1. The normalized spacial score (nSPS) is 19.4. The second kappa shape index (κ2) is 8.73. The van der Waals surface area contributed by atoms with Crippen molar-refractivity contribution in [3.8, 4) is 0 Å². The van der Waals surface area contributed by atoms with Gasteiger partial charge in [-0.1, -0.05) is 25.0 Å². The van der Waals surface area contributed by atoms with Crippen molar-refractivity contribution in [3.63, 3.8) is 0 Å². The number of fused-ring (bicyclic) bond motifs is 1. The van der Waals surface area contributed by atoms with Crippen molar-refractivity contribution in [2.45, 2.75) is 50.5 Å². The monoisotopic (exact) mass is 432 g/mol. The van der Waals surface area contributed by atoms with E-state index in [1.807, 2.05) is 29.4 Å². The van der Waals surface area contributed by atoms with Crippen LogP contribution in [0.1, 0.15) is 76.8 Å². The maximum absolute atomic E-state index is 13.3. The zero-order valence-electron chi connectivity index (χ0n) is 18.4. The zero-order chi connectivity index (χ0) is 22.1. The Kier molecular flexibility index (Phi) is 5.64. The van der Waals surface area contributed by atoms with Crippen LogP contribution in [0.4, 0.5) is 0 Å². The molecule has 3 aromatic rings. The first-order valence-electron chi connectivity index (χ1n) is 11.4. The van der Waals surface area contributed by atoms with Crippen molar-refractivity contribution in [2.24, 2.45) is 0 Å². The van der Waals surface area contributed by atoms with E-state index in [2.05, 4.69) is 14.5 Å². The summed E-state index contributed by atoms with van der Waals surface area (Å²) < 4.78 is 6.95. The van der Waals surface area contributed by atoms with E-state index in [0.717, 1.165) is 36.1 Å². The van der Waals surface area contributed by atoms with Crippen LogP contribution < -0.4 is 0 Å². The molecule has 0 bridgehead atoms. The number of nitrogens with zero attached hydrogens (tertiary/aromatic N) is 4. The number of methoxy groups -OCH3 is 1. The second-order valence-corrected chi connectivity index (χ2v) is 8.86. The number of esters is 1. The predicted octanol–water partition coefficient (Wildman–Crippen LogP) is 4.35. The van der Waals surface area contributed by atoms with Crippen molar-refractivity contribution >= 4 is 23.0 Å². The Morgan fingerprint density at radius 1 is 1.00 bits per heavy atom. The zero-order valence-corrected chi connectivity index (χ0v) is 18.4. The Labute approximate surface area is 187 Å². The predicted molar refractivity (Wildman–Crippen MR) is 121 cm³/mol. The number of imidazole rings is 1. The molecule has 0 N–H and O–H groups in total. The molecule has 2 aliphatic rings. The minimum atomic E-state index is -0.338. The first-order valence-corrected chi connectivity index (χ1v) is 11.4. The summed E-state index contributed by atoms with van der Waals surface area (Å²) in [5, 5.41) is 0. The van der Waals surface area contributed by atoms with E-state index in [0.29, 0.717) is 23.7 Å². The summed E-state index contributed by atoms with van der Waals surface area (Å²) in [5.74, 6) is -0.0846. The molecule has 1 amide bonds. The standard InChI is InChI=1S/C25H28N4O3/c1-32-25(31)18-10-8-17(9-11-18)19-5-4-12-28(15-19)24(30)20-13-22-23(26-14-20)29(16-27-22)21-6-2-3-7-21/h8-11,13-14,16,19,21H,2-7,12,15H2,1H3. The molecular weight excluding hydrogens is 404 g/mol. The molecular formula is C25H28N4O3. The smallest absolute Gasteiger partial charge is 0.337 e. The molecule has 1 unspecified atom stereocenters. The molecule has 3 heterocycles. The lowest BCUT2D eigenvalue weighted by atomic mass is 9.90. The molecule has 7 heteroatoms. The number of hydrogen-bond donors (Lipinski definition) is 0. The molecule has 7 nitrogen and oxygen atoms in total. The fourth-order valence-corrected chi connectivity index (χ4v) is 5.11. The summed E-state index contributed by atoms with van der Waals surface area (Å²) >= 11 is 0. The van der Waals surface area contributed by atoms with Gasteiger partial charge in [0.1, 0.15) is 5.52 Å². The molecule has 166 valence electrons. The molecule has 2 aromatic heterocycles. The number of ether oxygens (including phenoxy) is 1. The Morgan fingerprint density at radius 3 is 2.53 bits per heavy atom. The van der Waals surface area contributed by atoms with E-state index in [1.54, 1.807) is 18.3 Å². The highest BCUT2D eigenvalue weighted by Gasteiger charge is 2.27. The minimum absolute atomic E-state index is 0.00528. The van der Waals surface area contributed by atoms with E-state index in [-0.39, 0.29) is 17.8 Å². The SMILES string of the molecule is COC(=O)c1ccc(C2CCCN(C(=O)c3cnc4c(c3)ncn4C3CCCC3)C2)cc1. The van der Waals surface area contributed by atoms with E-state index in [1.165, 1.54) is 32.8 Å². The average Bonchev–Trinajstić information content (AvgIpc) is 3.52. The molecule has 0 radical (unpaired) electrons. The minimum Gasteiger partial charge on any atom is -0.465 e.